The maximum absolute atomic E-state index is 14.8. The zero-order valence-corrected chi connectivity index (χ0v) is 31.8. The van der Waals surface area contributed by atoms with Crippen molar-refractivity contribution in [2.45, 2.75) is 50.5 Å². The number of benzene rings is 9. The monoisotopic (exact) mass is 723 g/mol. The minimum absolute atomic E-state index is 0.0931. The van der Waals surface area contributed by atoms with Crippen LogP contribution in [0.2, 0.25) is 0 Å². The Morgan fingerprint density at radius 1 is 0.446 bits per heavy atom. The summed E-state index contributed by atoms with van der Waals surface area (Å²) in [4.78, 5) is 2.46. The number of hydrogen-bond acceptors (Lipinski definition) is 1. The van der Waals surface area contributed by atoms with Crippen molar-refractivity contribution in [2.24, 2.45) is 0 Å². The van der Waals surface area contributed by atoms with Gasteiger partial charge in [-0.3, -0.25) is 0 Å². The van der Waals surface area contributed by atoms with Crippen molar-refractivity contribution in [1.29, 1.82) is 0 Å². The van der Waals surface area contributed by atoms with Crippen LogP contribution >= 0.6 is 0 Å². The SMILES string of the molecule is CC12CCCCC1(C)N(c1cccc(F)c1)c1ccc(-c3cc(-c4ccccc4)c4ccc5c(-c6ccccc6)cc(-c6ccccc6)c6ccc3c4c56)cc12. The molecular formula is C54H42FN. The van der Waals surface area contributed by atoms with Gasteiger partial charge < -0.3 is 4.90 Å². The Morgan fingerprint density at radius 2 is 0.929 bits per heavy atom. The van der Waals surface area contributed by atoms with Gasteiger partial charge in [0.15, 0.2) is 0 Å². The summed E-state index contributed by atoms with van der Waals surface area (Å²) in [6.07, 6.45) is 4.53. The molecule has 1 heterocycles. The largest absolute Gasteiger partial charge is 0.334 e. The van der Waals surface area contributed by atoms with E-state index in [1.54, 1.807) is 12.1 Å². The van der Waals surface area contributed by atoms with Crippen LogP contribution in [0, 0.1) is 5.82 Å². The van der Waals surface area contributed by atoms with Gasteiger partial charge in [-0.25, -0.2) is 4.39 Å². The molecule has 0 saturated heterocycles. The van der Waals surface area contributed by atoms with Gasteiger partial charge in [0, 0.05) is 16.8 Å². The Bertz CT molecular complexity index is 2890. The van der Waals surface area contributed by atoms with Gasteiger partial charge in [-0.1, -0.05) is 147 Å². The molecule has 9 aromatic carbocycles. The van der Waals surface area contributed by atoms with Crippen LogP contribution in [-0.4, -0.2) is 5.54 Å². The van der Waals surface area contributed by atoms with Crippen LogP contribution in [0.3, 0.4) is 0 Å². The molecule has 1 nitrogen and oxygen atoms in total. The minimum Gasteiger partial charge on any atom is -0.334 e. The summed E-state index contributed by atoms with van der Waals surface area (Å²) in [5, 5.41) is 7.68. The Labute approximate surface area is 328 Å². The van der Waals surface area contributed by atoms with E-state index in [4.69, 9.17) is 0 Å². The molecule has 11 rings (SSSR count). The Hall–Kier alpha value is -6.25. The van der Waals surface area contributed by atoms with Crippen molar-refractivity contribution in [2.75, 3.05) is 4.90 Å². The van der Waals surface area contributed by atoms with Crippen LogP contribution < -0.4 is 4.90 Å². The van der Waals surface area contributed by atoms with E-state index in [9.17, 15) is 4.39 Å². The molecule has 1 aliphatic heterocycles. The van der Waals surface area contributed by atoms with Crippen LogP contribution in [-0.2, 0) is 5.41 Å². The molecule has 1 saturated carbocycles. The topological polar surface area (TPSA) is 3.24 Å². The molecule has 0 bridgehead atoms. The molecular weight excluding hydrogens is 682 g/mol. The number of fused-ring (bicyclic) bond motifs is 3. The summed E-state index contributed by atoms with van der Waals surface area (Å²) >= 11 is 0. The van der Waals surface area contributed by atoms with E-state index >= 15 is 0 Å². The van der Waals surface area contributed by atoms with Gasteiger partial charge >= 0.3 is 0 Å². The van der Waals surface area contributed by atoms with Crippen LogP contribution in [0.15, 0.2) is 170 Å². The molecule has 1 aliphatic carbocycles. The Balaban J connectivity index is 1.23. The smallest absolute Gasteiger partial charge is 0.125 e. The van der Waals surface area contributed by atoms with Gasteiger partial charge in [0.1, 0.15) is 5.82 Å². The highest BCUT2D eigenvalue weighted by Gasteiger charge is 2.57. The first kappa shape index (κ1) is 33.1. The van der Waals surface area contributed by atoms with Crippen LogP contribution in [0.5, 0.6) is 0 Å². The summed E-state index contributed by atoms with van der Waals surface area (Å²) < 4.78 is 14.8. The van der Waals surface area contributed by atoms with E-state index in [1.807, 2.05) is 6.07 Å². The standard InChI is InChI=1S/C54H42FN/c1-53-29-12-13-30-54(53,2)56(40-22-14-21-39(55)32-40)50-28-23-38(31-49(50)53)48-34-47(37-19-10-5-11-20-37)43-25-24-41-45(35-15-6-3-7-16-35)33-46(36-17-8-4-9-18-36)42-26-27-44(48)52(43)51(41)42/h3-11,14-28,31-34H,12-13,29-30H2,1-2H3. The van der Waals surface area contributed by atoms with Crippen LogP contribution in [0.4, 0.5) is 15.8 Å². The van der Waals surface area contributed by atoms with Crippen molar-refractivity contribution < 1.29 is 4.39 Å². The summed E-state index contributed by atoms with van der Waals surface area (Å²) in [7, 11) is 0. The lowest BCUT2D eigenvalue weighted by atomic mass is 9.61. The molecule has 0 aromatic heterocycles. The molecule has 2 aliphatic rings. The zero-order valence-electron chi connectivity index (χ0n) is 31.8. The molecule has 0 radical (unpaired) electrons. The Kier molecular flexibility index (Phi) is 7.32. The average molecular weight is 724 g/mol. The number of halogens is 1. The third kappa shape index (κ3) is 4.72. The van der Waals surface area contributed by atoms with Crippen LogP contribution in [0.25, 0.3) is 76.8 Å². The molecule has 1 fully saturated rings. The fourth-order valence-corrected chi connectivity index (χ4v) is 10.7. The predicted molar refractivity (Wildman–Crippen MR) is 235 cm³/mol. The Morgan fingerprint density at radius 3 is 1.43 bits per heavy atom. The van der Waals surface area contributed by atoms with Crippen molar-refractivity contribution in [3.63, 3.8) is 0 Å². The third-order valence-electron chi connectivity index (χ3n) is 13.6. The van der Waals surface area contributed by atoms with E-state index in [1.165, 1.54) is 101 Å². The molecule has 2 atom stereocenters. The van der Waals surface area contributed by atoms with Crippen molar-refractivity contribution in [3.8, 4) is 44.5 Å². The molecule has 0 amide bonds. The maximum Gasteiger partial charge on any atom is 0.125 e. The fourth-order valence-electron chi connectivity index (χ4n) is 10.7. The van der Waals surface area contributed by atoms with Crippen LogP contribution in [0.1, 0.15) is 45.1 Å². The number of nitrogens with zero attached hydrogens (tertiary/aromatic N) is 1. The number of rotatable bonds is 5. The van der Waals surface area contributed by atoms with Gasteiger partial charge in [0.2, 0.25) is 0 Å². The minimum atomic E-state index is -0.193. The summed E-state index contributed by atoms with van der Waals surface area (Å²) in [5.41, 5.74) is 13.1. The highest BCUT2D eigenvalue weighted by molar-refractivity contribution is 6.32. The second-order valence-corrected chi connectivity index (χ2v) is 16.5. The van der Waals surface area contributed by atoms with E-state index in [0.29, 0.717) is 0 Å². The maximum atomic E-state index is 14.8. The van der Waals surface area contributed by atoms with Gasteiger partial charge in [-0.15, -0.1) is 0 Å². The molecule has 0 spiro atoms. The molecule has 2 unspecified atom stereocenters. The lowest BCUT2D eigenvalue weighted by Gasteiger charge is -2.50. The molecule has 270 valence electrons. The first-order valence-electron chi connectivity index (χ1n) is 20.1. The lowest BCUT2D eigenvalue weighted by molar-refractivity contribution is 0.195. The van der Waals surface area contributed by atoms with E-state index < -0.39 is 0 Å². The van der Waals surface area contributed by atoms with E-state index in [-0.39, 0.29) is 16.8 Å². The average Bonchev–Trinajstić information content (AvgIpc) is 3.45. The fraction of sp³-hybridized carbons (Fsp3) is 0.148. The first-order valence-corrected chi connectivity index (χ1v) is 20.1. The van der Waals surface area contributed by atoms with Gasteiger partial charge in [-0.05, 0) is 145 Å². The molecule has 9 aromatic rings. The van der Waals surface area contributed by atoms with E-state index in [2.05, 4.69) is 170 Å². The predicted octanol–water partition coefficient (Wildman–Crippen LogP) is 15.1. The first-order chi connectivity index (χ1) is 27.4. The zero-order chi connectivity index (χ0) is 37.6. The van der Waals surface area contributed by atoms with Crippen molar-refractivity contribution in [1.82, 2.24) is 0 Å². The lowest BCUT2D eigenvalue weighted by Crippen LogP contribution is -2.54. The molecule has 0 N–H and O–H groups in total. The van der Waals surface area contributed by atoms with Gasteiger partial charge in [0.25, 0.3) is 0 Å². The van der Waals surface area contributed by atoms with Crippen molar-refractivity contribution >= 4 is 43.7 Å². The summed E-state index contributed by atoms with van der Waals surface area (Å²) in [6.45, 7) is 4.87. The normalized spacial score (nSPS) is 19.2. The molecule has 56 heavy (non-hydrogen) atoms. The van der Waals surface area contributed by atoms with Gasteiger partial charge in [-0.2, -0.15) is 0 Å². The summed E-state index contributed by atoms with van der Waals surface area (Å²) in [6, 6.07) is 61.2. The number of hydrogen-bond donors (Lipinski definition) is 0. The van der Waals surface area contributed by atoms with Crippen molar-refractivity contribution in [3.05, 3.63) is 181 Å². The number of anilines is 2. The van der Waals surface area contributed by atoms with Gasteiger partial charge in [0.05, 0.1) is 5.54 Å². The second kappa shape index (κ2) is 12.4. The highest BCUT2D eigenvalue weighted by atomic mass is 19.1. The molecule has 2 heteroatoms. The quantitative estimate of drug-likeness (QED) is 0.160. The third-order valence-corrected chi connectivity index (χ3v) is 13.6. The highest BCUT2D eigenvalue weighted by Crippen LogP contribution is 2.61. The van der Waals surface area contributed by atoms with E-state index in [0.717, 1.165) is 18.5 Å². The second-order valence-electron chi connectivity index (χ2n) is 16.5. The summed E-state index contributed by atoms with van der Waals surface area (Å²) in [5.74, 6) is -0.193.